The van der Waals surface area contributed by atoms with Crippen LogP contribution in [0.1, 0.15) is 32.6 Å². The van der Waals surface area contributed by atoms with Crippen molar-refractivity contribution in [1.29, 1.82) is 0 Å². The minimum Gasteiger partial charge on any atom is -0.653 e. The van der Waals surface area contributed by atoms with Crippen LogP contribution in [0.2, 0.25) is 0 Å². The van der Waals surface area contributed by atoms with E-state index in [0.717, 1.165) is 38.1 Å². The molecule has 12 heavy (non-hydrogen) atoms. The molecule has 0 atom stereocenters. The first-order chi connectivity index (χ1) is 5.29. The largest absolute Gasteiger partial charge is 0.653 e. The molecule has 0 spiro atoms. The van der Waals surface area contributed by atoms with E-state index in [1.807, 2.05) is 0 Å². The predicted molar refractivity (Wildman–Crippen MR) is 43.3 cm³/mol. The van der Waals surface area contributed by atoms with Gasteiger partial charge in [-0.25, -0.2) is 0 Å². The van der Waals surface area contributed by atoms with E-state index in [0.29, 0.717) is 0 Å². The molecule has 0 bridgehead atoms. The van der Waals surface area contributed by atoms with Gasteiger partial charge in [0, 0.05) is 36.5 Å². The van der Waals surface area contributed by atoms with E-state index >= 15 is 0 Å². The van der Waals surface area contributed by atoms with Crippen LogP contribution in [0.25, 0.3) is 5.32 Å². The van der Waals surface area contributed by atoms with Crippen molar-refractivity contribution in [2.75, 3.05) is 6.54 Å². The second-order valence-electron chi connectivity index (χ2n) is 3.80. The zero-order valence-electron chi connectivity index (χ0n) is 7.47. The van der Waals surface area contributed by atoms with E-state index in [1.165, 1.54) is 0 Å². The number of unbranched alkanes of at least 4 members (excludes halogenated alkanes) is 1. The van der Waals surface area contributed by atoms with E-state index in [2.05, 4.69) is 12.2 Å². The van der Waals surface area contributed by atoms with E-state index in [4.69, 9.17) is 0 Å². The Bertz CT molecular complexity index is 187. The van der Waals surface area contributed by atoms with Crippen molar-refractivity contribution >= 4 is 5.91 Å². The fourth-order valence-electron chi connectivity index (χ4n) is 1.55. The molecule has 66 valence electrons. The van der Waals surface area contributed by atoms with Crippen LogP contribution in [-0.4, -0.2) is 12.5 Å². The zero-order valence-corrected chi connectivity index (χ0v) is 11.6. The molecular weight excluding hydrogens is 376 g/mol. The van der Waals surface area contributed by atoms with Gasteiger partial charge in [0.1, 0.15) is 0 Å². The molecule has 0 aliphatic heterocycles. The molecule has 0 aromatic carbocycles. The summed E-state index contributed by atoms with van der Waals surface area (Å²) < 4.78 is 0. The number of hydrogen-bond donors (Lipinski definition) is 0. The fraction of sp³-hybridized carbons (Fsp3) is 0.889. The number of fused-ring (bicyclic) bond motifs is 1. The van der Waals surface area contributed by atoms with Crippen molar-refractivity contribution in [1.82, 2.24) is 0 Å². The van der Waals surface area contributed by atoms with Crippen molar-refractivity contribution in [3.63, 3.8) is 0 Å². The van der Waals surface area contributed by atoms with Crippen LogP contribution in [-0.2, 0) is 4.79 Å². The van der Waals surface area contributed by atoms with Gasteiger partial charge in [0.2, 0.25) is 0 Å². The van der Waals surface area contributed by atoms with Crippen molar-refractivity contribution in [3.05, 3.63) is 5.32 Å². The smallest absolute Gasteiger partial charge is 0.0577 e. The average Bonchev–Trinajstić information content (AvgIpc) is 2.72. The topological polar surface area (TPSA) is 31.2 Å². The quantitative estimate of drug-likeness (QED) is 0.677. The second kappa shape index (κ2) is 3.72. The molecular formula is C9H14NOU-. The Morgan fingerprint density at radius 3 is 2.58 bits per heavy atom. The Kier molecular flexibility index (Phi) is 3.29. The number of carbonyl (C=O) groups is 1. The summed E-state index contributed by atoms with van der Waals surface area (Å²) in [6.07, 6.45) is 4.47. The summed E-state index contributed by atoms with van der Waals surface area (Å²) >= 11 is 0. The minimum absolute atomic E-state index is 0. The predicted octanol–water partition coefficient (Wildman–Crippen LogP) is 2.10. The van der Waals surface area contributed by atoms with Gasteiger partial charge in [-0.1, -0.05) is 19.8 Å². The van der Waals surface area contributed by atoms with Gasteiger partial charge in [-0.3, -0.25) is 0 Å². The normalized spacial score (nSPS) is 34.6. The minimum atomic E-state index is 0. The second-order valence-corrected chi connectivity index (χ2v) is 3.80. The first-order valence-corrected chi connectivity index (χ1v) is 4.51. The van der Waals surface area contributed by atoms with Crippen LogP contribution < -0.4 is 0 Å². The van der Waals surface area contributed by atoms with Crippen molar-refractivity contribution < 1.29 is 35.9 Å². The van der Waals surface area contributed by atoms with Gasteiger partial charge >= 0.3 is 0 Å². The van der Waals surface area contributed by atoms with Crippen molar-refractivity contribution in [2.24, 2.45) is 11.3 Å². The molecule has 3 heteroatoms. The molecule has 1 amide bonds. The van der Waals surface area contributed by atoms with E-state index in [-0.39, 0.29) is 42.4 Å². The standard InChI is InChI=1S/C9H15NO.U/c1-2-3-4-10-8(11)9-5-7(9)6-9;/h7H,2-6H2,1H3,(H,10,11);/p-1. The van der Waals surface area contributed by atoms with Crippen LogP contribution in [0, 0.1) is 42.4 Å². The SMILES string of the molecule is CCCC[N-]C(=O)C12CC1C2.[U]. The molecule has 0 N–H and O–H groups in total. The van der Waals surface area contributed by atoms with Crippen LogP contribution in [0.15, 0.2) is 0 Å². The van der Waals surface area contributed by atoms with Gasteiger partial charge in [0.15, 0.2) is 0 Å². The molecule has 0 heterocycles. The third kappa shape index (κ3) is 1.72. The number of nitrogens with zero attached hydrogens (tertiary/aromatic N) is 1. The maximum absolute atomic E-state index is 11.3. The van der Waals surface area contributed by atoms with Crippen LogP contribution in [0.5, 0.6) is 0 Å². The van der Waals surface area contributed by atoms with Gasteiger partial charge in [0.05, 0.1) is 5.91 Å². The Morgan fingerprint density at radius 2 is 2.17 bits per heavy atom. The molecule has 2 aliphatic carbocycles. The number of amides is 1. The molecule has 2 fully saturated rings. The summed E-state index contributed by atoms with van der Waals surface area (Å²) in [5.74, 6) is 0.955. The van der Waals surface area contributed by atoms with Gasteiger partial charge < -0.3 is 10.1 Å². The van der Waals surface area contributed by atoms with Crippen LogP contribution >= 0.6 is 0 Å². The van der Waals surface area contributed by atoms with Gasteiger partial charge in [-0.05, 0) is 18.8 Å². The maximum atomic E-state index is 11.3. The summed E-state index contributed by atoms with van der Waals surface area (Å²) in [6.45, 7) is 2.87. The molecule has 2 rings (SSSR count). The Labute approximate surface area is 97.2 Å². The van der Waals surface area contributed by atoms with Gasteiger partial charge in [0.25, 0.3) is 0 Å². The van der Waals surface area contributed by atoms with E-state index in [9.17, 15) is 4.79 Å². The number of carbonyl (C=O) groups excluding carboxylic acids is 1. The first kappa shape index (κ1) is 10.6. The first-order valence-electron chi connectivity index (χ1n) is 4.51. The third-order valence-electron chi connectivity index (χ3n) is 2.88. The van der Waals surface area contributed by atoms with Crippen LogP contribution in [0.4, 0.5) is 0 Å². The van der Waals surface area contributed by atoms with Crippen molar-refractivity contribution in [2.45, 2.75) is 32.6 Å². The maximum Gasteiger partial charge on any atom is 0.0577 e. The zero-order chi connectivity index (χ0) is 7.90. The monoisotopic (exact) mass is 390 g/mol. The van der Waals surface area contributed by atoms with Gasteiger partial charge in [-0.2, -0.15) is 0 Å². The van der Waals surface area contributed by atoms with Crippen molar-refractivity contribution in [3.8, 4) is 0 Å². The Morgan fingerprint density at radius 1 is 1.58 bits per heavy atom. The molecule has 0 radical (unpaired) electrons. The fourth-order valence-corrected chi connectivity index (χ4v) is 1.55. The molecule has 0 aromatic rings. The average molecular weight is 390 g/mol. The van der Waals surface area contributed by atoms with Crippen LogP contribution in [0.3, 0.4) is 0 Å². The Hall–Kier alpha value is 0.522. The van der Waals surface area contributed by atoms with Gasteiger partial charge in [-0.15, -0.1) is 6.54 Å². The number of hydrogen-bond acceptors (Lipinski definition) is 1. The molecule has 2 saturated carbocycles. The molecule has 2 aliphatic rings. The van der Waals surface area contributed by atoms with E-state index in [1.54, 1.807) is 0 Å². The Balaban J connectivity index is 0.000000720. The summed E-state index contributed by atoms with van der Waals surface area (Å²) in [4.78, 5) is 11.3. The number of rotatable bonds is 4. The molecule has 0 aromatic heterocycles. The summed E-state index contributed by atoms with van der Waals surface area (Å²) in [6, 6.07) is 0. The molecule has 2 nitrogen and oxygen atoms in total. The molecule has 0 unspecified atom stereocenters. The summed E-state index contributed by atoms with van der Waals surface area (Å²) in [5.41, 5.74) is 0.119. The summed E-state index contributed by atoms with van der Waals surface area (Å²) in [5, 5.41) is 4.05. The van der Waals surface area contributed by atoms with E-state index < -0.39 is 0 Å². The summed E-state index contributed by atoms with van der Waals surface area (Å²) in [7, 11) is 0. The third-order valence-corrected chi connectivity index (χ3v) is 2.88. The molecule has 0 saturated heterocycles.